The van der Waals surface area contributed by atoms with Gasteiger partial charge in [0.2, 0.25) is 0 Å². The Hall–Kier alpha value is -1.56. The van der Waals surface area contributed by atoms with Crippen LogP contribution in [0.25, 0.3) is 0 Å². The Labute approximate surface area is 158 Å². The summed E-state index contributed by atoms with van der Waals surface area (Å²) in [6, 6.07) is 8.07. The predicted molar refractivity (Wildman–Crippen MR) is 100.0 cm³/mol. The maximum Gasteiger partial charge on any atom is 0.313 e. The van der Waals surface area contributed by atoms with E-state index in [0.717, 1.165) is 0 Å². The number of aliphatic imine (C=N–C) groups is 1. The second kappa shape index (κ2) is 8.01. The lowest BCUT2D eigenvalue weighted by atomic mass is 10.2. The molecule has 24 heavy (non-hydrogen) atoms. The minimum atomic E-state index is -0.438. The molecular weight excluding hydrogens is 417 g/mol. The number of halogens is 3. The second-order valence-electron chi connectivity index (χ2n) is 5.27. The maximum absolute atomic E-state index is 11.7. The molecular formula is C17H14BrCl2NO3. The van der Waals surface area contributed by atoms with Crippen molar-refractivity contribution >= 4 is 57.0 Å². The highest BCUT2D eigenvalue weighted by molar-refractivity contribution is 9.10. The fourth-order valence-corrected chi connectivity index (χ4v) is 2.63. The lowest BCUT2D eigenvalue weighted by Gasteiger charge is -2.10. The van der Waals surface area contributed by atoms with Crippen LogP contribution in [0.5, 0.6) is 11.5 Å². The highest BCUT2D eigenvalue weighted by Crippen LogP contribution is 2.34. The number of rotatable bonds is 4. The second-order valence-corrected chi connectivity index (χ2v) is 7.03. The molecule has 2 rings (SSSR count). The molecule has 0 amide bonds. The van der Waals surface area contributed by atoms with Crippen LogP contribution in [0.1, 0.15) is 19.4 Å². The van der Waals surface area contributed by atoms with Crippen molar-refractivity contribution in [2.24, 2.45) is 10.9 Å². The van der Waals surface area contributed by atoms with Gasteiger partial charge in [-0.25, -0.2) is 0 Å². The molecule has 0 radical (unpaired) electrons. The summed E-state index contributed by atoms with van der Waals surface area (Å²) in [6.07, 6.45) is 1.43. The Morgan fingerprint density at radius 3 is 2.62 bits per heavy atom. The van der Waals surface area contributed by atoms with E-state index in [-0.39, 0.29) is 17.4 Å². The Morgan fingerprint density at radius 2 is 2.00 bits per heavy atom. The molecule has 0 aliphatic carbocycles. The number of nitrogens with zero attached hydrogens (tertiary/aromatic N) is 1. The summed E-state index contributed by atoms with van der Waals surface area (Å²) in [5.74, 6) is -0.867. The van der Waals surface area contributed by atoms with Crippen molar-refractivity contribution in [2.75, 3.05) is 0 Å². The zero-order valence-electron chi connectivity index (χ0n) is 12.9. The van der Waals surface area contributed by atoms with Gasteiger partial charge in [0, 0.05) is 21.3 Å². The number of carbonyl (C=O) groups is 1. The normalized spacial score (nSPS) is 11.2. The van der Waals surface area contributed by atoms with Gasteiger partial charge in [-0.15, -0.1) is 0 Å². The van der Waals surface area contributed by atoms with E-state index in [9.17, 15) is 9.90 Å². The van der Waals surface area contributed by atoms with Gasteiger partial charge >= 0.3 is 5.97 Å². The number of carbonyl (C=O) groups excluding carboxylic acids is 1. The molecule has 0 aliphatic rings. The topological polar surface area (TPSA) is 58.9 Å². The molecule has 1 N–H and O–H groups in total. The Balaban J connectivity index is 2.35. The number of hydrogen-bond donors (Lipinski definition) is 1. The highest BCUT2D eigenvalue weighted by atomic mass is 79.9. The third kappa shape index (κ3) is 4.72. The zero-order chi connectivity index (χ0) is 17.9. The van der Waals surface area contributed by atoms with Crippen LogP contribution in [0.15, 0.2) is 39.8 Å². The molecule has 2 aromatic carbocycles. The third-order valence-electron chi connectivity index (χ3n) is 3.00. The van der Waals surface area contributed by atoms with Crippen molar-refractivity contribution < 1.29 is 14.6 Å². The van der Waals surface area contributed by atoms with E-state index in [1.54, 1.807) is 38.1 Å². The first kappa shape index (κ1) is 18.8. The molecule has 0 unspecified atom stereocenters. The number of hydrogen-bond acceptors (Lipinski definition) is 4. The van der Waals surface area contributed by atoms with Gasteiger partial charge < -0.3 is 9.84 Å². The summed E-state index contributed by atoms with van der Waals surface area (Å²) < 4.78 is 5.83. The largest absolute Gasteiger partial charge is 0.504 e. The smallest absolute Gasteiger partial charge is 0.313 e. The minimum absolute atomic E-state index is 0.0618. The number of aromatic hydroxyl groups is 1. The van der Waals surface area contributed by atoms with Gasteiger partial charge in [-0.2, -0.15) is 0 Å². The minimum Gasteiger partial charge on any atom is -0.504 e. The summed E-state index contributed by atoms with van der Waals surface area (Å²) in [7, 11) is 0. The molecule has 0 saturated heterocycles. The van der Waals surface area contributed by atoms with Gasteiger partial charge in [0.1, 0.15) is 0 Å². The van der Waals surface area contributed by atoms with E-state index in [1.807, 2.05) is 0 Å². The average molecular weight is 431 g/mol. The molecule has 0 bridgehead atoms. The summed E-state index contributed by atoms with van der Waals surface area (Å²) >= 11 is 15.2. The quantitative estimate of drug-likeness (QED) is 0.380. The molecule has 2 aromatic rings. The van der Waals surface area contributed by atoms with Crippen LogP contribution in [-0.2, 0) is 4.79 Å². The molecule has 0 saturated carbocycles. The first-order valence-corrected chi connectivity index (χ1v) is 8.56. The van der Waals surface area contributed by atoms with Crippen LogP contribution in [-0.4, -0.2) is 17.3 Å². The predicted octanol–water partition coefficient (Wildman–Crippen LogP) is 5.77. The standard InChI is InChI=1S/C17H14BrCl2NO3/c1-9(2)17(23)24-15-6-11(18)5-10(16(15)22)8-21-14-4-3-12(19)7-13(14)20/h3-9,22H,1-2H3. The Bertz CT molecular complexity index is 807. The lowest BCUT2D eigenvalue weighted by molar-refractivity contribution is -0.137. The molecule has 0 heterocycles. The number of phenols is 1. The Kier molecular flexibility index (Phi) is 6.27. The first-order chi connectivity index (χ1) is 11.3. The zero-order valence-corrected chi connectivity index (χ0v) is 16.0. The molecule has 126 valence electrons. The van der Waals surface area contributed by atoms with Gasteiger partial charge in [0.15, 0.2) is 11.5 Å². The summed E-state index contributed by atoms with van der Waals surface area (Å²) in [5, 5.41) is 11.2. The van der Waals surface area contributed by atoms with Crippen LogP contribution in [0.3, 0.4) is 0 Å². The summed E-state index contributed by atoms with van der Waals surface area (Å²) in [6.45, 7) is 3.42. The number of ether oxygens (including phenoxy) is 1. The van der Waals surface area contributed by atoms with Gasteiger partial charge in [-0.3, -0.25) is 9.79 Å². The van der Waals surface area contributed by atoms with Crippen LogP contribution in [0, 0.1) is 5.92 Å². The number of esters is 1. The van der Waals surface area contributed by atoms with Crippen molar-refractivity contribution in [3.05, 3.63) is 50.4 Å². The van der Waals surface area contributed by atoms with Gasteiger partial charge in [0.05, 0.1) is 16.6 Å². The first-order valence-electron chi connectivity index (χ1n) is 7.01. The molecule has 0 aliphatic heterocycles. The van der Waals surface area contributed by atoms with Crippen LogP contribution in [0.4, 0.5) is 5.69 Å². The Morgan fingerprint density at radius 1 is 1.29 bits per heavy atom. The molecule has 7 heteroatoms. The van der Waals surface area contributed by atoms with Crippen LogP contribution < -0.4 is 4.74 Å². The van der Waals surface area contributed by atoms with E-state index >= 15 is 0 Å². The van der Waals surface area contributed by atoms with E-state index in [0.29, 0.717) is 25.8 Å². The van der Waals surface area contributed by atoms with Crippen molar-refractivity contribution in [1.82, 2.24) is 0 Å². The van der Waals surface area contributed by atoms with Crippen LogP contribution in [0.2, 0.25) is 10.0 Å². The van der Waals surface area contributed by atoms with Crippen molar-refractivity contribution in [1.29, 1.82) is 0 Å². The SMILES string of the molecule is CC(C)C(=O)Oc1cc(Br)cc(C=Nc2ccc(Cl)cc2Cl)c1O. The molecule has 4 nitrogen and oxygen atoms in total. The van der Waals surface area contributed by atoms with E-state index < -0.39 is 5.97 Å². The van der Waals surface area contributed by atoms with Crippen LogP contribution >= 0.6 is 39.1 Å². The van der Waals surface area contributed by atoms with Gasteiger partial charge in [-0.05, 0) is 30.3 Å². The fourth-order valence-electron chi connectivity index (χ4n) is 1.72. The molecule has 0 aromatic heterocycles. The molecule has 0 spiro atoms. The van der Waals surface area contributed by atoms with E-state index in [2.05, 4.69) is 20.9 Å². The maximum atomic E-state index is 11.7. The van der Waals surface area contributed by atoms with E-state index in [1.165, 1.54) is 12.3 Å². The van der Waals surface area contributed by atoms with Crippen molar-refractivity contribution in [3.8, 4) is 11.5 Å². The van der Waals surface area contributed by atoms with Gasteiger partial charge in [0.25, 0.3) is 0 Å². The highest BCUT2D eigenvalue weighted by Gasteiger charge is 2.15. The molecule has 0 fully saturated rings. The fraction of sp³-hybridized carbons (Fsp3) is 0.176. The molecule has 0 atom stereocenters. The lowest BCUT2D eigenvalue weighted by Crippen LogP contribution is -2.15. The monoisotopic (exact) mass is 429 g/mol. The van der Waals surface area contributed by atoms with Crippen molar-refractivity contribution in [2.45, 2.75) is 13.8 Å². The number of phenolic OH excluding ortho intramolecular Hbond substituents is 1. The average Bonchev–Trinajstić information content (AvgIpc) is 2.50. The number of benzene rings is 2. The summed E-state index contributed by atoms with van der Waals surface area (Å²) in [4.78, 5) is 16.0. The van der Waals surface area contributed by atoms with E-state index in [4.69, 9.17) is 27.9 Å². The van der Waals surface area contributed by atoms with Crippen molar-refractivity contribution in [3.63, 3.8) is 0 Å². The van der Waals surface area contributed by atoms with Gasteiger partial charge in [-0.1, -0.05) is 53.0 Å². The third-order valence-corrected chi connectivity index (χ3v) is 4.00. The summed E-state index contributed by atoms with van der Waals surface area (Å²) in [5.41, 5.74) is 0.878.